The summed E-state index contributed by atoms with van der Waals surface area (Å²) in [6, 6.07) is 13.6. The Hall–Kier alpha value is -1.54. The lowest BCUT2D eigenvalue weighted by atomic mass is 9.72. The minimum atomic E-state index is 0.381. The topological polar surface area (TPSA) is 12.5 Å². The first-order valence-corrected chi connectivity index (χ1v) is 12.3. The van der Waals surface area contributed by atoms with Crippen molar-refractivity contribution in [3.63, 3.8) is 0 Å². The predicted molar refractivity (Wildman–Crippen MR) is 128 cm³/mol. The molecule has 0 spiro atoms. The van der Waals surface area contributed by atoms with Crippen LogP contribution in [0.1, 0.15) is 78.2 Å². The smallest absolute Gasteiger partial charge is 0.120 e. The monoisotopic (exact) mass is 407 g/mol. The van der Waals surface area contributed by atoms with Gasteiger partial charge in [-0.25, -0.2) is 0 Å². The van der Waals surface area contributed by atoms with Crippen LogP contribution in [0, 0.1) is 17.3 Å². The second-order valence-electron chi connectivity index (χ2n) is 10.9. The van der Waals surface area contributed by atoms with Gasteiger partial charge in [-0.15, -0.1) is 0 Å². The molecule has 2 heteroatoms. The number of ether oxygens (including phenoxy) is 1. The maximum absolute atomic E-state index is 6.39. The Morgan fingerprint density at radius 2 is 1.53 bits per heavy atom. The Labute approximate surface area is 184 Å². The minimum Gasteiger partial charge on any atom is -0.490 e. The molecule has 2 aromatic rings. The lowest BCUT2D eigenvalue weighted by Gasteiger charge is -2.37. The van der Waals surface area contributed by atoms with Gasteiger partial charge in [0.25, 0.3) is 0 Å². The highest BCUT2D eigenvalue weighted by molar-refractivity contribution is 5.84. The summed E-state index contributed by atoms with van der Waals surface area (Å²) in [7, 11) is 0. The highest BCUT2D eigenvalue weighted by Gasteiger charge is 2.30. The Kier molecular flexibility index (Phi) is 6.72. The standard InChI is InChI=1S/C28H41NO/c1-5-21-14-16-29(17-15-21)20-22-6-7-24-19-27(11-8-23(24)18-22)30-26-12-9-25(10-13-26)28(2,3)4/h6-8,11,18-19,21,25-26H,5,9-10,12-17,20H2,1-4H3. The van der Waals surface area contributed by atoms with Gasteiger partial charge in [-0.3, -0.25) is 4.90 Å². The normalized spacial score (nSPS) is 24.3. The molecule has 1 saturated heterocycles. The summed E-state index contributed by atoms with van der Waals surface area (Å²) in [5.74, 6) is 2.82. The van der Waals surface area contributed by atoms with Crippen molar-refractivity contribution >= 4 is 10.8 Å². The SMILES string of the molecule is CCC1CCN(Cc2ccc3cc(OC4CCC(C(C)(C)C)CC4)ccc3c2)CC1. The number of likely N-dealkylation sites (tertiary alicyclic amines) is 1. The Morgan fingerprint density at radius 1 is 0.867 bits per heavy atom. The number of rotatable bonds is 5. The molecule has 1 aliphatic carbocycles. The fourth-order valence-corrected chi connectivity index (χ4v) is 5.50. The van der Waals surface area contributed by atoms with Gasteiger partial charge < -0.3 is 4.74 Å². The second-order valence-corrected chi connectivity index (χ2v) is 10.9. The molecule has 2 aliphatic rings. The molecule has 1 heterocycles. The van der Waals surface area contributed by atoms with E-state index in [4.69, 9.17) is 4.74 Å². The summed E-state index contributed by atoms with van der Waals surface area (Å²) in [6.45, 7) is 13.1. The van der Waals surface area contributed by atoms with Crippen molar-refractivity contribution in [3.8, 4) is 5.75 Å². The van der Waals surface area contributed by atoms with Crippen LogP contribution in [0.15, 0.2) is 36.4 Å². The molecule has 0 bridgehead atoms. The third-order valence-corrected chi connectivity index (χ3v) is 7.77. The molecule has 2 nitrogen and oxygen atoms in total. The predicted octanol–water partition coefficient (Wildman–Crippen LogP) is 7.45. The van der Waals surface area contributed by atoms with E-state index in [2.05, 4.69) is 69.0 Å². The van der Waals surface area contributed by atoms with Crippen molar-refractivity contribution in [3.05, 3.63) is 42.0 Å². The Bertz CT molecular complexity index is 820. The molecule has 0 unspecified atom stereocenters. The molecule has 4 rings (SSSR count). The summed E-state index contributed by atoms with van der Waals surface area (Å²) >= 11 is 0. The van der Waals surface area contributed by atoms with Crippen molar-refractivity contribution in [1.82, 2.24) is 4.90 Å². The number of fused-ring (bicyclic) bond motifs is 1. The molecule has 1 aliphatic heterocycles. The first kappa shape index (κ1) is 21.7. The van der Waals surface area contributed by atoms with Gasteiger partial charge >= 0.3 is 0 Å². The molecular weight excluding hydrogens is 366 g/mol. The largest absolute Gasteiger partial charge is 0.490 e. The third kappa shape index (κ3) is 5.38. The zero-order valence-corrected chi connectivity index (χ0v) is 19.6. The van der Waals surface area contributed by atoms with E-state index in [1.807, 2.05) is 0 Å². The van der Waals surface area contributed by atoms with Crippen LogP contribution in [0.25, 0.3) is 10.8 Å². The van der Waals surface area contributed by atoms with Gasteiger partial charge in [-0.1, -0.05) is 52.3 Å². The van der Waals surface area contributed by atoms with Crippen molar-refractivity contribution in [2.75, 3.05) is 13.1 Å². The van der Waals surface area contributed by atoms with Gasteiger partial charge in [0.2, 0.25) is 0 Å². The van der Waals surface area contributed by atoms with Crippen LogP contribution in [0.3, 0.4) is 0 Å². The van der Waals surface area contributed by atoms with Crippen molar-refractivity contribution in [1.29, 1.82) is 0 Å². The number of benzene rings is 2. The Morgan fingerprint density at radius 3 is 2.20 bits per heavy atom. The third-order valence-electron chi connectivity index (χ3n) is 7.77. The zero-order valence-electron chi connectivity index (χ0n) is 19.6. The van der Waals surface area contributed by atoms with E-state index in [1.54, 1.807) is 0 Å². The molecule has 0 radical (unpaired) electrons. The molecule has 2 aromatic carbocycles. The van der Waals surface area contributed by atoms with Gasteiger partial charge in [-0.05, 0) is 103 Å². The maximum Gasteiger partial charge on any atom is 0.120 e. The lowest BCUT2D eigenvalue weighted by molar-refractivity contribution is 0.0883. The van der Waals surface area contributed by atoms with Crippen LogP contribution in [0.5, 0.6) is 5.75 Å². The van der Waals surface area contributed by atoms with E-state index in [9.17, 15) is 0 Å². The van der Waals surface area contributed by atoms with Gasteiger partial charge in [0.15, 0.2) is 0 Å². The van der Waals surface area contributed by atoms with Crippen LogP contribution < -0.4 is 4.74 Å². The van der Waals surface area contributed by atoms with Crippen molar-refractivity contribution < 1.29 is 4.74 Å². The molecule has 164 valence electrons. The van der Waals surface area contributed by atoms with Crippen molar-refractivity contribution in [2.24, 2.45) is 17.3 Å². The molecule has 0 aromatic heterocycles. The highest BCUT2D eigenvalue weighted by atomic mass is 16.5. The molecule has 30 heavy (non-hydrogen) atoms. The fourth-order valence-electron chi connectivity index (χ4n) is 5.50. The zero-order chi connectivity index (χ0) is 21.1. The molecule has 0 amide bonds. The number of hydrogen-bond donors (Lipinski definition) is 0. The quantitative estimate of drug-likeness (QED) is 0.510. The van der Waals surface area contributed by atoms with Crippen LogP contribution in [0.2, 0.25) is 0 Å². The number of nitrogens with zero attached hydrogens (tertiary/aromatic N) is 1. The van der Waals surface area contributed by atoms with Crippen molar-refractivity contribution in [2.45, 2.75) is 85.3 Å². The molecule has 0 atom stereocenters. The summed E-state index contributed by atoms with van der Waals surface area (Å²) in [5.41, 5.74) is 1.86. The summed E-state index contributed by atoms with van der Waals surface area (Å²) in [4.78, 5) is 2.62. The minimum absolute atomic E-state index is 0.381. The first-order chi connectivity index (χ1) is 14.4. The average molecular weight is 408 g/mol. The summed E-state index contributed by atoms with van der Waals surface area (Å²) < 4.78 is 6.39. The fraction of sp³-hybridized carbons (Fsp3) is 0.643. The van der Waals surface area contributed by atoms with Gasteiger partial charge in [-0.2, -0.15) is 0 Å². The van der Waals surface area contributed by atoms with E-state index in [1.165, 1.54) is 74.4 Å². The van der Waals surface area contributed by atoms with Crippen LogP contribution in [-0.2, 0) is 6.54 Å². The van der Waals surface area contributed by atoms with Gasteiger partial charge in [0, 0.05) is 6.54 Å². The molecular formula is C28H41NO. The molecule has 1 saturated carbocycles. The van der Waals surface area contributed by atoms with Crippen LogP contribution in [-0.4, -0.2) is 24.1 Å². The Balaban J connectivity index is 1.34. The van der Waals surface area contributed by atoms with E-state index in [0.29, 0.717) is 11.5 Å². The second kappa shape index (κ2) is 9.30. The van der Waals surface area contributed by atoms with E-state index in [0.717, 1.165) is 24.1 Å². The number of hydrogen-bond acceptors (Lipinski definition) is 2. The van der Waals surface area contributed by atoms with E-state index in [-0.39, 0.29) is 0 Å². The maximum atomic E-state index is 6.39. The van der Waals surface area contributed by atoms with E-state index >= 15 is 0 Å². The van der Waals surface area contributed by atoms with Gasteiger partial charge in [0.05, 0.1) is 6.10 Å². The molecule has 0 N–H and O–H groups in total. The van der Waals surface area contributed by atoms with E-state index < -0.39 is 0 Å². The summed E-state index contributed by atoms with van der Waals surface area (Å²) in [6.07, 6.45) is 9.41. The number of piperidine rings is 1. The van der Waals surface area contributed by atoms with Crippen LogP contribution >= 0.6 is 0 Å². The average Bonchev–Trinajstić information content (AvgIpc) is 2.74. The van der Waals surface area contributed by atoms with Crippen LogP contribution in [0.4, 0.5) is 0 Å². The first-order valence-electron chi connectivity index (χ1n) is 12.3. The highest BCUT2D eigenvalue weighted by Crippen LogP contribution is 2.39. The van der Waals surface area contributed by atoms with Gasteiger partial charge in [0.1, 0.15) is 5.75 Å². The summed E-state index contributed by atoms with van der Waals surface area (Å²) in [5, 5.41) is 2.63. The molecule has 2 fully saturated rings. The lowest BCUT2D eigenvalue weighted by Crippen LogP contribution is -2.32.